The molecule has 7 heteroatoms. The van der Waals surface area contributed by atoms with Crippen LogP contribution in [0.15, 0.2) is 52.0 Å². The number of nitrogens with zero attached hydrogens (tertiary/aromatic N) is 4. The molecule has 1 aromatic carbocycles. The third kappa shape index (κ3) is 3.17. The van der Waals surface area contributed by atoms with Crippen molar-refractivity contribution in [2.75, 3.05) is 0 Å². The largest absolute Gasteiger partial charge is 0.330 e. The minimum atomic E-state index is -0.290. The molecular formula is C22H20BrFN4O. The van der Waals surface area contributed by atoms with Gasteiger partial charge >= 0.3 is 5.69 Å². The Labute approximate surface area is 175 Å². The zero-order chi connectivity index (χ0) is 20.0. The second-order valence-corrected chi connectivity index (χ2v) is 8.38. The minimum absolute atomic E-state index is 0.0752. The van der Waals surface area contributed by atoms with Crippen molar-refractivity contribution < 1.29 is 4.39 Å². The van der Waals surface area contributed by atoms with E-state index in [2.05, 4.69) is 20.9 Å². The van der Waals surface area contributed by atoms with E-state index in [1.807, 2.05) is 16.7 Å². The van der Waals surface area contributed by atoms with Crippen LogP contribution in [0.5, 0.6) is 0 Å². The van der Waals surface area contributed by atoms with E-state index in [4.69, 9.17) is 4.98 Å². The standard InChI is InChI=1S/C22H20BrFN4O/c23-20-17-7-4-12-25-18(17)19-21(26-20)27(13-14-8-10-15(24)11-9-14)22(29)28(19)16-5-2-1-3-6-16/h4,7-12,16H,1-3,5-6,13H2. The third-order valence-electron chi connectivity index (χ3n) is 5.80. The fraction of sp³-hybridized carbons (Fsp3) is 0.318. The molecule has 3 aromatic heterocycles. The van der Waals surface area contributed by atoms with Crippen LogP contribution >= 0.6 is 15.9 Å². The fourth-order valence-corrected chi connectivity index (χ4v) is 4.88. The lowest BCUT2D eigenvalue weighted by Crippen LogP contribution is -2.29. The van der Waals surface area contributed by atoms with E-state index in [-0.39, 0.29) is 17.5 Å². The first-order valence-corrected chi connectivity index (χ1v) is 10.7. The maximum Gasteiger partial charge on any atom is 0.330 e. The van der Waals surface area contributed by atoms with E-state index in [0.717, 1.165) is 47.7 Å². The predicted molar refractivity (Wildman–Crippen MR) is 115 cm³/mol. The van der Waals surface area contributed by atoms with Crippen molar-refractivity contribution >= 4 is 38.0 Å². The van der Waals surface area contributed by atoms with Crippen LogP contribution in [0.1, 0.15) is 43.7 Å². The van der Waals surface area contributed by atoms with Crippen molar-refractivity contribution in [3.05, 3.63) is 69.1 Å². The molecule has 0 amide bonds. The Morgan fingerprint density at radius 2 is 1.86 bits per heavy atom. The Morgan fingerprint density at radius 3 is 2.62 bits per heavy atom. The van der Waals surface area contributed by atoms with E-state index in [1.165, 1.54) is 18.6 Å². The van der Waals surface area contributed by atoms with Crippen molar-refractivity contribution in [1.82, 2.24) is 19.1 Å². The molecule has 1 saturated carbocycles. The van der Waals surface area contributed by atoms with Crippen LogP contribution in [-0.2, 0) is 6.54 Å². The van der Waals surface area contributed by atoms with Gasteiger partial charge in [-0.15, -0.1) is 0 Å². The molecule has 4 aromatic rings. The zero-order valence-corrected chi connectivity index (χ0v) is 17.4. The van der Waals surface area contributed by atoms with Gasteiger partial charge in [-0.25, -0.2) is 14.2 Å². The summed E-state index contributed by atoms with van der Waals surface area (Å²) in [7, 11) is 0. The van der Waals surface area contributed by atoms with Gasteiger partial charge in [-0.3, -0.25) is 14.1 Å². The molecule has 1 aliphatic carbocycles. The molecule has 0 saturated heterocycles. The smallest absolute Gasteiger partial charge is 0.285 e. The van der Waals surface area contributed by atoms with Crippen LogP contribution < -0.4 is 5.69 Å². The Balaban J connectivity index is 1.79. The molecule has 148 valence electrons. The second kappa shape index (κ2) is 7.37. The first-order chi connectivity index (χ1) is 14.1. The lowest BCUT2D eigenvalue weighted by molar-refractivity contribution is 0.351. The highest BCUT2D eigenvalue weighted by Gasteiger charge is 2.26. The van der Waals surface area contributed by atoms with E-state index >= 15 is 0 Å². The molecule has 0 unspecified atom stereocenters. The summed E-state index contributed by atoms with van der Waals surface area (Å²) in [5.41, 5.74) is 2.97. The SMILES string of the molecule is O=c1n(Cc2ccc(F)cc2)c2nc(Br)c3cccnc3c2n1C1CCCCC1. The number of fused-ring (bicyclic) bond motifs is 3. The highest BCUT2D eigenvalue weighted by molar-refractivity contribution is 9.10. The molecule has 0 atom stereocenters. The Hall–Kier alpha value is -2.54. The second-order valence-electron chi connectivity index (χ2n) is 7.63. The average molecular weight is 455 g/mol. The van der Waals surface area contributed by atoms with Crippen molar-refractivity contribution in [2.24, 2.45) is 0 Å². The average Bonchev–Trinajstić information content (AvgIpc) is 3.02. The van der Waals surface area contributed by atoms with Crippen molar-refractivity contribution in [3.8, 4) is 0 Å². The van der Waals surface area contributed by atoms with E-state index < -0.39 is 0 Å². The first-order valence-electron chi connectivity index (χ1n) is 9.93. The number of rotatable bonds is 3. The van der Waals surface area contributed by atoms with Gasteiger partial charge in [0, 0.05) is 17.6 Å². The van der Waals surface area contributed by atoms with Gasteiger partial charge < -0.3 is 0 Å². The Morgan fingerprint density at radius 1 is 1.10 bits per heavy atom. The summed E-state index contributed by atoms with van der Waals surface area (Å²) in [5, 5.41) is 0.892. The number of hydrogen-bond donors (Lipinski definition) is 0. The van der Waals surface area contributed by atoms with E-state index in [1.54, 1.807) is 22.9 Å². The molecule has 0 aliphatic heterocycles. The fourth-order valence-electron chi connectivity index (χ4n) is 4.39. The molecular weight excluding hydrogens is 435 g/mol. The molecule has 3 heterocycles. The van der Waals surface area contributed by atoms with Gasteiger partial charge in [-0.05, 0) is 58.6 Å². The van der Waals surface area contributed by atoms with Crippen LogP contribution in [0.3, 0.4) is 0 Å². The number of pyridine rings is 2. The minimum Gasteiger partial charge on any atom is -0.285 e. The number of benzene rings is 1. The molecule has 5 nitrogen and oxygen atoms in total. The molecule has 0 radical (unpaired) electrons. The topological polar surface area (TPSA) is 52.7 Å². The van der Waals surface area contributed by atoms with Gasteiger partial charge in [-0.2, -0.15) is 0 Å². The maximum absolute atomic E-state index is 13.6. The highest BCUT2D eigenvalue weighted by Crippen LogP contribution is 2.34. The summed E-state index contributed by atoms with van der Waals surface area (Å²) in [6, 6.07) is 10.2. The van der Waals surface area contributed by atoms with Crippen LogP contribution in [-0.4, -0.2) is 19.1 Å². The molecule has 1 aliphatic rings. The van der Waals surface area contributed by atoms with Crippen LogP contribution in [0.4, 0.5) is 4.39 Å². The summed E-state index contributed by atoms with van der Waals surface area (Å²) in [4.78, 5) is 22.9. The monoisotopic (exact) mass is 454 g/mol. The lowest BCUT2D eigenvalue weighted by atomic mass is 9.95. The van der Waals surface area contributed by atoms with Gasteiger partial charge in [-0.1, -0.05) is 31.4 Å². The number of aromatic nitrogens is 4. The quantitative estimate of drug-likeness (QED) is 0.399. The van der Waals surface area contributed by atoms with Crippen LogP contribution in [0.2, 0.25) is 0 Å². The maximum atomic E-state index is 13.6. The van der Waals surface area contributed by atoms with Gasteiger partial charge in [0.05, 0.1) is 6.54 Å². The van der Waals surface area contributed by atoms with Gasteiger partial charge in [0.1, 0.15) is 21.5 Å². The highest BCUT2D eigenvalue weighted by atomic mass is 79.9. The van der Waals surface area contributed by atoms with E-state index in [9.17, 15) is 9.18 Å². The molecule has 0 spiro atoms. The summed E-state index contributed by atoms with van der Waals surface area (Å²) in [5.74, 6) is -0.290. The van der Waals surface area contributed by atoms with E-state index in [0.29, 0.717) is 16.8 Å². The molecule has 29 heavy (non-hydrogen) atoms. The lowest BCUT2D eigenvalue weighted by Gasteiger charge is -2.23. The van der Waals surface area contributed by atoms with Crippen molar-refractivity contribution in [3.63, 3.8) is 0 Å². The number of halogens is 2. The van der Waals surface area contributed by atoms with Gasteiger partial charge in [0.25, 0.3) is 0 Å². The molecule has 5 rings (SSSR count). The summed E-state index contributed by atoms with van der Waals surface area (Å²) < 4.78 is 17.6. The molecule has 1 fully saturated rings. The Kier molecular flexibility index (Phi) is 4.70. The molecule has 0 bridgehead atoms. The van der Waals surface area contributed by atoms with Crippen molar-refractivity contribution in [2.45, 2.75) is 44.7 Å². The molecule has 0 N–H and O–H groups in total. The zero-order valence-electron chi connectivity index (χ0n) is 15.8. The number of hydrogen-bond acceptors (Lipinski definition) is 3. The summed E-state index contributed by atoms with van der Waals surface area (Å²) in [6.45, 7) is 0.340. The number of imidazole rings is 1. The third-order valence-corrected chi connectivity index (χ3v) is 6.40. The normalized spacial score (nSPS) is 15.4. The van der Waals surface area contributed by atoms with Gasteiger partial charge in [0.2, 0.25) is 0 Å². The van der Waals surface area contributed by atoms with Crippen molar-refractivity contribution in [1.29, 1.82) is 0 Å². The predicted octanol–water partition coefficient (Wildman–Crippen LogP) is 5.20. The Bertz CT molecular complexity index is 1260. The van der Waals surface area contributed by atoms with Crippen LogP contribution in [0, 0.1) is 5.82 Å². The first kappa shape index (κ1) is 18.5. The van der Waals surface area contributed by atoms with Crippen LogP contribution in [0.25, 0.3) is 22.1 Å². The van der Waals surface area contributed by atoms with Gasteiger partial charge in [0.15, 0.2) is 5.65 Å². The summed E-state index contributed by atoms with van der Waals surface area (Å²) >= 11 is 3.55. The summed E-state index contributed by atoms with van der Waals surface area (Å²) in [6.07, 6.45) is 7.18.